The molecule has 0 radical (unpaired) electrons. The van der Waals surface area contributed by atoms with Gasteiger partial charge in [0.1, 0.15) is 11.6 Å². The molecular formula is C19H21F2N3O. The number of hydrogen-bond donors (Lipinski definition) is 2. The summed E-state index contributed by atoms with van der Waals surface area (Å²) < 4.78 is 27.8. The molecule has 0 aromatic heterocycles. The molecule has 4 nitrogen and oxygen atoms in total. The van der Waals surface area contributed by atoms with Crippen LogP contribution < -0.4 is 10.6 Å². The first kappa shape index (κ1) is 17.4. The lowest BCUT2D eigenvalue weighted by Crippen LogP contribution is -2.36. The van der Waals surface area contributed by atoms with Crippen LogP contribution in [0.1, 0.15) is 23.2 Å². The molecular weight excluding hydrogens is 324 g/mol. The summed E-state index contributed by atoms with van der Waals surface area (Å²) in [6, 6.07) is 10.3. The lowest BCUT2D eigenvalue weighted by molar-refractivity contribution is 0.102. The van der Waals surface area contributed by atoms with E-state index in [1.54, 1.807) is 12.1 Å². The zero-order valence-corrected chi connectivity index (χ0v) is 14.1. The number of carbonyl (C=O) groups is 1. The fourth-order valence-corrected chi connectivity index (χ4v) is 2.93. The van der Waals surface area contributed by atoms with Crippen molar-refractivity contribution >= 4 is 17.3 Å². The first-order valence-electron chi connectivity index (χ1n) is 8.33. The van der Waals surface area contributed by atoms with Crippen LogP contribution in [0.15, 0.2) is 42.5 Å². The van der Waals surface area contributed by atoms with Gasteiger partial charge in [0.05, 0.1) is 11.3 Å². The minimum atomic E-state index is -0.591. The standard InChI is InChI=1S/C19H21F2N3O/c1-24-10-8-13(9-11-24)22-18-12-14(6-7-17(18)21)23-19(25)15-4-2-3-5-16(15)20/h2-7,12-13,22H,8-11H2,1H3,(H,23,25). The molecule has 0 bridgehead atoms. The summed E-state index contributed by atoms with van der Waals surface area (Å²) in [6.07, 6.45) is 1.86. The molecule has 2 N–H and O–H groups in total. The molecule has 1 fully saturated rings. The maximum absolute atomic E-state index is 14.1. The van der Waals surface area contributed by atoms with Gasteiger partial charge >= 0.3 is 0 Å². The minimum Gasteiger partial charge on any atom is -0.380 e. The Balaban J connectivity index is 1.71. The van der Waals surface area contributed by atoms with Crippen LogP contribution in [0.4, 0.5) is 20.2 Å². The Morgan fingerprint density at radius 3 is 2.52 bits per heavy atom. The summed E-state index contributed by atoms with van der Waals surface area (Å²) in [5, 5.41) is 5.82. The second-order valence-electron chi connectivity index (χ2n) is 6.35. The summed E-state index contributed by atoms with van der Waals surface area (Å²) in [7, 11) is 2.07. The second kappa shape index (κ2) is 7.61. The number of rotatable bonds is 4. The highest BCUT2D eigenvalue weighted by molar-refractivity contribution is 6.04. The van der Waals surface area contributed by atoms with Crippen molar-refractivity contribution in [2.24, 2.45) is 0 Å². The van der Waals surface area contributed by atoms with Crippen molar-refractivity contribution in [3.05, 3.63) is 59.7 Å². The summed E-state index contributed by atoms with van der Waals surface area (Å²) in [5.41, 5.74) is 0.725. The summed E-state index contributed by atoms with van der Waals surface area (Å²) in [4.78, 5) is 14.4. The third-order valence-electron chi connectivity index (χ3n) is 4.42. The summed E-state index contributed by atoms with van der Waals surface area (Å²) in [5.74, 6) is -1.52. The molecule has 2 aromatic rings. The van der Waals surface area contributed by atoms with Crippen molar-refractivity contribution in [2.45, 2.75) is 18.9 Å². The summed E-state index contributed by atoms with van der Waals surface area (Å²) >= 11 is 0. The van der Waals surface area contributed by atoms with Gasteiger partial charge in [0, 0.05) is 11.7 Å². The highest BCUT2D eigenvalue weighted by Gasteiger charge is 2.18. The van der Waals surface area contributed by atoms with Crippen LogP contribution in [0.25, 0.3) is 0 Å². The van der Waals surface area contributed by atoms with E-state index in [1.807, 2.05) is 0 Å². The molecule has 0 spiro atoms. The minimum absolute atomic E-state index is 0.0448. The maximum atomic E-state index is 14.1. The third-order valence-corrected chi connectivity index (χ3v) is 4.42. The van der Waals surface area contributed by atoms with Crippen molar-refractivity contribution in [3.8, 4) is 0 Å². The van der Waals surface area contributed by atoms with E-state index in [0.29, 0.717) is 11.4 Å². The number of carbonyl (C=O) groups excluding carboxylic acids is 1. The monoisotopic (exact) mass is 345 g/mol. The zero-order chi connectivity index (χ0) is 17.8. The van der Waals surface area contributed by atoms with E-state index in [-0.39, 0.29) is 17.4 Å². The number of halogens is 2. The van der Waals surface area contributed by atoms with Gasteiger partial charge in [-0.15, -0.1) is 0 Å². The number of anilines is 2. The third kappa shape index (κ3) is 4.33. The van der Waals surface area contributed by atoms with Gasteiger partial charge in [-0.1, -0.05) is 12.1 Å². The first-order chi connectivity index (χ1) is 12.0. The molecule has 1 amide bonds. The van der Waals surface area contributed by atoms with Crippen molar-refractivity contribution in [3.63, 3.8) is 0 Å². The van der Waals surface area contributed by atoms with Crippen LogP contribution in [0, 0.1) is 11.6 Å². The van der Waals surface area contributed by atoms with E-state index in [0.717, 1.165) is 25.9 Å². The van der Waals surface area contributed by atoms with E-state index in [1.165, 1.54) is 30.3 Å². The van der Waals surface area contributed by atoms with Gasteiger partial charge in [0.2, 0.25) is 0 Å². The Morgan fingerprint density at radius 1 is 1.08 bits per heavy atom. The van der Waals surface area contributed by atoms with Gasteiger partial charge in [0.15, 0.2) is 0 Å². The van der Waals surface area contributed by atoms with E-state index in [9.17, 15) is 13.6 Å². The molecule has 132 valence electrons. The van der Waals surface area contributed by atoms with Crippen molar-refractivity contribution in [2.75, 3.05) is 30.8 Å². The maximum Gasteiger partial charge on any atom is 0.258 e. The van der Waals surface area contributed by atoms with Gasteiger partial charge in [0.25, 0.3) is 5.91 Å². The smallest absolute Gasteiger partial charge is 0.258 e. The van der Waals surface area contributed by atoms with E-state index < -0.39 is 11.7 Å². The molecule has 1 aliphatic rings. The molecule has 2 aromatic carbocycles. The van der Waals surface area contributed by atoms with Crippen LogP contribution in [-0.2, 0) is 0 Å². The molecule has 0 aliphatic carbocycles. The SMILES string of the molecule is CN1CCC(Nc2cc(NC(=O)c3ccccc3F)ccc2F)CC1. The Kier molecular flexibility index (Phi) is 5.28. The van der Waals surface area contributed by atoms with Crippen molar-refractivity contribution in [1.29, 1.82) is 0 Å². The molecule has 1 saturated heterocycles. The molecule has 0 saturated carbocycles. The Bertz CT molecular complexity index is 758. The normalized spacial score (nSPS) is 15.8. The number of hydrogen-bond acceptors (Lipinski definition) is 3. The molecule has 25 heavy (non-hydrogen) atoms. The van der Waals surface area contributed by atoms with Crippen LogP contribution in [-0.4, -0.2) is 37.0 Å². The summed E-state index contributed by atoms with van der Waals surface area (Å²) in [6.45, 7) is 1.92. The fraction of sp³-hybridized carbons (Fsp3) is 0.316. The number of nitrogens with zero attached hydrogens (tertiary/aromatic N) is 1. The highest BCUT2D eigenvalue weighted by atomic mass is 19.1. The first-order valence-corrected chi connectivity index (χ1v) is 8.33. The lowest BCUT2D eigenvalue weighted by atomic mass is 10.1. The van der Waals surface area contributed by atoms with Crippen LogP contribution in [0.3, 0.4) is 0 Å². The van der Waals surface area contributed by atoms with Crippen molar-refractivity contribution < 1.29 is 13.6 Å². The number of piperidine rings is 1. The molecule has 3 rings (SSSR count). The topological polar surface area (TPSA) is 44.4 Å². The zero-order valence-electron chi connectivity index (χ0n) is 14.1. The van der Waals surface area contributed by atoms with E-state index >= 15 is 0 Å². The van der Waals surface area contributed by atoms with Crippen LogP contribution >= 0.6 is 0 Å². The Hall–Kier alpha value is -2.47. The number of benzene rings is 2. The molecule has 1 heterocycles. The van der Waals surface area contributed by atoms with E-state index in [2.05, 4.69) is 22.6 Å². The van der Waals surface area contributed by atoms with Gasteiger partial charge in [-0.3, -0.25) is 4.79 Å². The highest BCUT2D eigenvalue weighted by Crippen LogP contribution is 2.23. The largest absolute Gasteiger partial charge is 0.380 e. The molecule has 6 heteroatoms. The predicted octanol–water partition coefficient (Wildman–Crippen LogP) is 3.72. The van der Waals surface area contributed by atoms with Gasteiger partial charge in [-0.05, 0) is 63.3 Å². The molecule has 0 unspecified atom stereocenters. The van der Waals surface area contributed by atoms with Crippen molar-refractivity contribution in [1.82, 2.24) is 4.90 Å². The van der Waals surface area contributed by atoms with Gasteiger partial charge in [-0.2, -0.15) is 0 Å². The van der Waals surface area contributed by atoms with Gasteiger partial charge < -0.3 is 15.5 Å². The van der Waals surface area contributed by atoms with Crippen LogP contribution in [0.5, 0.6) is 0 Å². The Labute approximate surface area is 145 Å². The number of nitrogens with one attached hydrogen (secondary N) is 2. The van der Waals surface area contributed by atoms with Crippen LogP contribution in [0.2, 0.25) is 0 Å². The second-order valence-corrected chi connectivity index (χ2v) is 6.35. The molecule has 0 atom stereocenters. The number of amides is 1. The fourth-order valence-electron chi connectivity index (χ4n) is 2.93. The average Bonchev–Trinajstić information content (AvgIpc) is 2.60. The number of likely N-dealkylation sites (tertiary alicyclic amines) is 1. The average molecular weight is 345 g/mol. The Morgan fingerprint density at radius 2 is 1.80 bits per heavy atom. The lowest BCUT2D eigenvalue weighted by Gasteiger charge is -2.30. The van der Waals surface area contributed by atoms with E-state index in [4.69, 9.17) is 0 Å². The quantitative estimate of drug-likeness (QED) is 0.888. The predicted molar refractivity (Wildman–Crippen MR) is 94.9 cm³/mol. The molecule has 1 aliphatic heterocycles. The van der Waals surface area contributed by atoms with Gasteiger partial charge in [-0.25, -0.2) is 8.78 Å².